The van der Waals surface area contributed by atoms with E-state index in [2.05, 4.69) is 13.8 Å². The molecule has 4 aliphatic rings. The molecule has 4 rings (SSSR count). The van der Waals surface area contributed by atoms with Crippen molar-refractivity contribution in [3.05, 3.63) is 0 Å². The van der Waals surface area contributed by atoms with E-state index < -0.39 is 0 Å². The van der Waals surface area contributed by atoms with Gasteiger partial charge in [-0.2, -0.15) is 0 Å². The van der Waals surface area contributed by atoms with Crippen molar-refractivity contribution in [1.82, 2.24) is 0 Å². The molecule has 0 bridgehead atoms. The molecule has 3 nitrogen and oxygen atoms in total. The van der Waals surface area contributed by atoms with Crippen LogP contribution in [-0.2, 0) is 4.79 Å². The summed E-state index contributed by atoms with van der Waals surface area (Å²) in [6.07, 6.45) is 7.56. The topological polar surface area (TPSA) is 57.5 Å². The van der Waals surface area contributed by atoms with E-state index in [1.807, 2.05) is 6.92 Å². The van der Waals surface area contributed by atoms with Gasteiger partial charge in [0.2, 0.25) is 0 Å². The first-order valence-electron chi connectivity index (χ1n) is 10.2. The molecule has 0 aliphatic heterocycles. The summed E-state index contributed by atoms with van der Waals surface area (Å²) < 4.78 is 0. The number of carbonyl (C=O) groups excluding carboxylic acids is 1. The number of aliphatic hydroxyl groups excluding tert-OH is 2. The summed E-state index contributed by atoms with van der Waals surface area (Å²) >= 11 is 0. The second-order valence-electron chi connectivity index (χ2n) is 10.0. The van der Waals surface area contributed by atoms with Crippen molar-refractivity contribution < 1.29 is 15.0 Å². The van der Waals surface area contributed by atoms with Gasteiger partial charge >= 0.3 is 0 Å². The van der Waals surface area contributed by atoms with Crippen molar-refractivity contribution in [3.8, 4) is 0 Å². The minimum absolute atomic E-state index is 0.00376. The van der Waals surface area contributed by atoms with E-state index in [-0.39, 0.29) is 34.9 Å². The van der Waals surface area contributed by atoms with Crippen LogP contribution in [-0.4, -0.2) is 28.2 Å². The number of Topliss-reactive ketones (excluding diaryl/α,β-unsaturated/α-hetero) is 1. The highest BCUT2D eigenvalue weighted by Gasteiger charge is 2.63. The number of rotatable bonds is 1. The highest BCUT2D eigenvalue weighted by Crippen LogP contribution is 2.66. The van der Waals surface area contributed by atoms with Gasteiger partial charge in [-0.25, -0.2) is 0 Å². The van der Waals surface area contributed by atoms with Gasteiger partial charge in [0.05, 0.1) is 12.2 Å². The van der Waals surface area contributed by atoms with Gasteiger partial charge in [0.25, 0.3) is 0 Å². The molecule has 4 fully saturated rings. The second-order valence-corrected chi connectivity index (χ2v) is 10.0. The second kappa shape index (κ2) is 5.54. The third kappa shape index (κ3) is 2.19. The van der Waals surface area contributed by atoms with E-state index in [0.717, 1.165) is 32.1 Å². The highest BCUT2D eigenvalue weighted by atomic mass is 16.3. The predicted octanol–water partition coefficient (Wildman–Crippen LogP) is 3.57. The third-order valence-electron chi connectivity index (χ3n) is 8.98. The highest BCUT2D eigenvalue weighted by molar-refractivity contribution is 5.84. The van der Waals surface area contributed by atoms with E-state index in [1.54, 1.807) is 0 Å². The molecule has 136 valence electrons. The van der Waals surface area contributed by atoms with Crippen LogP contribution in [0.15, 0.2) is 0 Å². The summed E-state index contributed by atoms with van der Waals surface area (Å²) in [5.74, 6) is 2.58. The van der Waals surface area contributed by atoms with Gasteiger partial charge in [0.15, 0.2) is 0 Å². The van der Waals surface area contributed by atoms with Gasteiger partial charge in [-0.15, -0.1) is 0 Å². The van der Waals surface area contributed by atoms with E-state index in [0.29, 0.717) is 30.0 Å². The van der Waals surface area contributed by atoms with Crippen LogP contribution in [0.1, 0.15) is 72.1 Å². The Hall–Kier alpha value is -0.410. The van der Waals surface area contributed by atoms with Gasteiger partial charge in [-0.05, 0) is 86.4 Å². The summed E-state index contributed by atoms with van der Waals surface area (Å²) in [5.41, 5.74) is 0.104. The Morgan fingerprint density at radius 1 is 1.08 bits per heavy atom. The van der Waals surface area contributed by atoms with E-state index in [1.165, 1.54) is 12.8 Å². The molecule has 3 heteroatoms. The van der Waals surface area contributed by atoms with Crippen molar-refractivity contribution in [2.24, 2.45) is 40.4 Å². The minimum atomic E-state index is -0.305. The number of hydrogen-bond donors (Lipinski definition) is 2. The first-order chi connectivity index (χ1) is 11.3. The lowest BCUT2D eigenvalue weighted by Gasteiger charge is -2.60. The molecular formula is C21H34O3. The van der Waals surface area contributed by atoms with Crippen molar-refractivity contribution in [1.29, 1.82) is 0 Å². The fraction of sp³-hybridized carbons (Fsp3) is 0.952. The van der Waals surface area contributed by atoms with Crippen LogP contribution in [0.3, 0.4) is 0 Å². The van der Waals surface area contributed by atoms with Crippen LogP contribution < -0.4 is 0 Å². The Kier molecular flexibility index (Phi) is 3.93. The molecule has 0 amide bonds. The molecule has 0 aromatic rings. The van der Waals surface area contributed by atoms with Crippen molar-refractivity contribution in [2.75, 3.05) is 0 Å². The molecule has 0 spiro atoms. The average molecular weight is 335 g/mol. The summed E-state index contributed by atoms with van der Waals surface area (Å²) in [5, 5.41) is 20.4. The molecule has 7 unspecified atom stereocenters. The zero-order valence-corrected chi connectivity index (χ0v) is 15.5. The normalized spacial score (nSPS) is 55.5. The van der Waals surface area contributed by atoms with Crippen LogP contribution >= 0.6 is 0 Å². The fourth-order valence-electron chi connectivity index (χ4n) is 7.88. The Balaban J connectivity index is 1.67. The average Bonchev–Trinajstić information content (AvgIpc) is 2.84. The first kappa shape index (κ1) is 17.0. The fourth-order valence-corrected chi connectivity index (χ4v) is 7.88. The molecule has 4 aliphatic carbocycles. The van der Waals surface area contributed by atoms with Crippen LogP contribution in [0.25, 0.3) is 0 Å². The zero-order valence-electron chi connectivity index (χ0n) is 15.5. The molecule has 24 heavy (non-hydrogen) atoms. The minimum Gasteiger partial charge on any atom is -0.393 e. The van der Waals surface area contributed by atoms with Gasteiger partial charge < -0.3 is 10.2 Å². The lowest BCUT2D eigenvalue weighted by molar-refractivity contribution is -0.163. The Bertz CT molecular complexity index is 529. The number of aliphatic hydroxyl groups is 2. The zero-order chi connectivity index (χ0) is 17.3. The monoisotopic (exact) mass is 334 g/mol. The smallest absolute Gasteiger partial charge is 0.137 e. The molecule has 0 aromatic heterocycles. The quantitative estimate of drug-likeness (QED) is 0.771. The summed E-state index contributed by atoms with van der Waals surface area (Å²) in [4.78, 5) is 13.3. The standard InChI is InChI=1S/C21H34O3/c1-12(22)16-6-7-17-15-5-4-13-10-14(23)8-9-20(13,2)19(15)18(24)11-21(16,17)3/h12-17,19,22-23H,4-11H2,1-3H3/t12?,13?,14?,15?,16?,17?,19?,20-,21+/m0/s1. The summed E-state index contributed by atoms with van der Waals surface area (Å²) in [6.45, 7) is 6.55. The van der Waals surface area contributed by atoms with Gasteiger partial charge in [-0.3, -0.25) is 4.79 Å². The largest absolute Gasteiger partial charge is 0.393 e. The Morgan fingerprint density at radius 3 is 2.54 bits per heavy atom. The molecule has 0 radical (unpaired) electrons. The first-order valence-corrected chi connectivity index (χ1v) is 10.2. The predicted molar refractivity (Wildman–Crippen MR) is 93.3 cm³/mol. The summed E-state index contributed by atoms with van der Waals surface area (Å²) in [6, 6.07) is 0. The SMILES string of the molecule is CC(O)C1CCC2C3CCC4CC(O)CC[C@]4(C)C3C(=O)C[C@]12C. The van der Waals surface area contributed by atoms with E-state index in [4.69, 9.17) is 0 Å². The van der Waals surface area contributed by atoms with E-state index >= 15 is 0 Å². The van der Waals surface area contributed by atoms with Crippen molar-refractivity contribution >= 4 is 5.78 Å². The number of hydrogen-bond acceptors (Lipinski definition) is 3. The van der Waals surface area contributed by atoms with Crippen LogP contribution in [0.2, 0.25) is 0 Å². The number of carbonyl (C=O) groups is 1. The molecule has 2 N–H and O–H groups in total. The molecule has 9 atom stereocenters. The molecule has 0 heterocycles. The Labute approximate surface area is 146 Å². The van der Waals surface area contributed by atoms with Crippen LogP contribution in [0.4, 0.5) is 0 Å². The lowest BCUT2D eigenvalue weighted by atomic mass is 9.44. The Morgan fingerprint density at radius 2 is 1.83 bits per heavy atom. The maximum Gasteiger partial charge on any atom is 0.137 e. The van der Waals surface area contributed by atoms with Crippen molar-refractivity contribution in [3.63, 3.8) is 0 Å². The van der Waals surface area contributed by atoms with Gasteiger partial charge in [-0.1, -0.05) is 13.8 Å². The van der Waals surface area contributed by atoms with E-state index in [9.17, 15) is 15.0 Å². The van der Waals surface area contributed by atoms with Crippen molar-refractivity contribution in [2.45, 2.75) is 84.3 Å². The summed E-state index contributed by atoms with van der Waals surface area (Å²) in [7, 11) is 0. The van der Waals surface area contributed by atoms with Gasteiger partial charge in [0.1, 0.15) is 5.78 Å². The third-order valence-corrected chi connectivity index (χ3v) is 8.98. The lowest BCUT2D eigenvalue weighted by Crippen LogP contribution is -2.58. The number of ketones is 1. The van der Waals surface area contributed by atoms with Gasteiger partial charge in [0, 0.05) is 12.3 Å². The molecule has 0 aromatic carbocycles. The maximum absolute atomic E-state index is 13.3. The van der Waals surface area contributed by atoms with Crippen LogP contribution in [0, 0.1) is 40.4 Å². The number of fused-ring (bicyclic) bond motifs is 5. The molecular weight excluding hydrogens is 300 g/mol. The van der Waals surface area contributed by atoms with Crippen LogP contribution in [0.5, 0.6) is 0 Å². The molecule has 0 saturated heterocycles. The molecule has 4 saturated carbocycles. The maximum atomic E-state index is 13.3.